The summed E-state index contributed by atoms with van der Waals surface area (Å²) in [7, 11) is 1.58. The quantitative estimate of drug-likeness (QED) is 0.707. The molecule has 2 rings (SSSR count). The fourth-order valence-corrected chi connectivity index (χ4v) is 2.55. The largest absolute Gasteiger partial charge is 0.493 e. The number of thiazole rings is 1. The predicted molar refractivity (Wildman–Crippen MR) is 90.5 cm³/mol. The molecule has 0 radical (unpaired) electrons. The Balaban J connectivity index is 1.84. The van der Waals surface area contributed by atoms with E-state index in [-0.39, 0.29) is 18.4 Å². The first-order valence-corrected chi connectivity index (χ1v) is 8.21. The normalized spacial score (nSPS) is 10.1. The Labute approximate surface area is 144 Å². The lowest BCUT2D eigenvalue weighted by molar-refractivity contribution is -0.118. The molecule has 1 heterocycles. The van der Waals surface area contributed by atoms with Crippen LogP contribution >= 0.6 is 11.3 Å². The van der Waals surface area contributed by atoms with Crippen molar-refractivity contribution < 1.29 is 19.1 Å². The van der Waals surface area contributed by atoms with Crippen molar-refractivity contribution in [2.75, 3.05) is 20.2 Å². The van der Waals surface area contributed by atoms with Gasteiger partial charge in [-0.05, 0) is 12.1 Å². The second-order valence-electron chi connectivity index (χ2n) is 4.80. The van der Waals surface area contributed by atoms with E-state index in [2.05, 4.69) is 15.6 Å². The lowest BCUT2D eigenvalue weighted by Crippen LogP contribution is -2.33. The average Bonchev–Trinajstić information content (AvgIpc) is 3.06. The number of carbonyl (C=O) groups excluding carboxylic acids is 2. The van der Waals surface area contributed by atoms with Crippen LogP contribution in [0.1, 0.15) is 22.4 Å². The Bertz CT molecular complexity index is 702. The number of carbonyl (C=O) groups is 2. The molecule has 0 saturated heterocycles. The number of hydrogen-bond donors (Lipinski definition) is 2. The minimum atomic E-state index is -0.278. The van der Waals surface area contributed by atoms with E-state index >= 15 is 0 Å². The molecule has 2 amide bonds. The molecule has 128 valence electrons. The van der Waals surface area contributed by atoms with Crippen LogP contribution in [0, 0.1) is 0 Å². The maximum atomic E-state index is 11.9. The smallest absolute Gasteiger partial charge is 0.270 e. The van der Waals surface area contributed by atoms with E-state index in [1.165, 1.54) is 18.3 Å². The number of nitrogens with zero attached hydrogens (tertiary/aromatic N) is 1. The monoisotopic (exact) mass is 349 g/mol. The highest BCUT2D eigenvalue weighted by Crippen LogP contribution is 2.26. The molecule has 0 aliphatic carbocycles. The van der Waals surface area contributed by atoms with Crippen molar-refractivity contribution >= 4 is 23.2 Å². The van der Waals surface area contributed by atoms with Gasteiger partial charge in [-0.2, -0.15) is 0 Å². The number of para-hydroxylation sites is 2. The van der Waals surface area contributed by atoms with Crippen LogP contribution in [0.3, 0.4) is 0 Å². The second-order valence-corrected chi connectivity index (χ2v) is 5.75. The van der Waals surface area contributed by atoms with Crippen LogP contribution in [-0.2, 0) is 11.4 Å². The van der Waals surface area contributed by atoms with Crippen molar-refractivity contribution in [3.63, 3.8) is 0 Å². The maximum Gasteiger partial charge on any atom is 0.270 e. The van der Waals surface area contributed by atoms with Gasteiger partial charge in [-0.1, -0.05) is 12.1 Å². The summed E-state index contributed by atoms with van der Waals surface area (Å²) in [4.78, 5) is 26.9. The third-order valence-electron chi connectivity index (χ3n) is 2.99. The van der Waals surface area contributed by atoms with Gasteiger partial charge in [0, 0.05) is 25.4 Å². The topological polar surface area (TPSA) is 89.6 Å². The lowest BCUT2D eigenvalue weighted by atomic mass is 10.3. The summed E-state index contributed by atoms with van der Waals surface area (Å²) < 4.78 is 10.9. The molecule has 24 heavy (non-hydrogen) atoms. The van der Waals surface area contributed by atoms with Gasteiger partial charge >= 0.3 is 0 Å². The number of amides is 2. The molecule has 0 spiro atoms. The van der Waals surface area contributed by atoms with Gasteiger partial charge in [-0.15, -0.1) is 11.3 Å². The Morgan fingerprint density at radius 2 is 1.88 bits per heavy atom. The third-order valence-corrected chi connectivity index (χ3v) is 3.81. The van der Waals surface area contributed by atoms with Gasteiger partial charge in [0.05, 0.1) is 7.11 Å². The zero-order valence-electron chi connectivity index (χ0n) is 13.5. The summed E-state index contributed by atoms with van der Waals surface area (Å²) in [6.07, 6.45) is 0. The first-order valence-electron chi connectivity index (χ1n) is 7.33. The highest BCUT2D eigenvalue weighted by Gasteiger charge is 2.11. The number of methoxy groups -OCH3 is 1. The van der Waals surface area contributed by atoms with Crippen molar-refractivity contribution in [2.45, 2.75) is 13.5 Å². The number of rotatable bonds is 8. The minimum Gasteiger partial charge on any atom is -0.493 e. The van der Waals surface area contributed by atoms with E-state index in [0.717, 1.165) is 0 Å². The summed E-state index contributed by atoms with van der Waals surface area (Å²) in [5.74, 6) is 0.857. The van der Waals surface area contributed by atoms with Crippen molar-refractivity contribution in [2.24, 2.45) is 0 Å². The SMILES string of the molecule is COc1ccccc1OCc1nc(C(=O)NCCNC(C)=O)cs1. The summed E-state index contributed by atoms with van der Waals surface area (Å²) in [5.41, 5.74) is 0.335. The molecule has 0 unspecified atom stereocenters. The predicted octanol–water partition coefficient (Wildman–Crippen LogP) is 1.60. The van der Waals surface area contributed by atoms with Crippen molar-refractivity contribution in [3.8, 4) is 11.5 Å². The Hall–Kier alpha value is -2.61. The molecule has 0 aliphatic rings. The maximum absolute atomic E-state index is 11.9. The van der Waals surface area contributed by atoms with E-state index in [4.69, 9.17) is 9.47 Å². The van der Waals surface area contributed by atoms with Crippen molar-refractivity contribution in [3.05, 3.63) is 40.3 Å². The van der Waals surface area contributed by atoms with Gasteiger partial charge in [-0.3, -0.25) is 9.59 Å². The van der Waals surface area contributed by atoms with E-state index in [9.17, 15) is 9.59 Å². The highest BCUT2D eigenvalue weighted by atomic mass is 32.1. The van der Waals surface area contributed by atoms with Gasteiger partial charge in [0.2, 0.25) is 5.91 Å². The van der Waals surface area contributed by atoms with E-state index in [0.29, 0.717) is 35.3 Å². The van der Waals surface area contributed by atoms with Crippen LogP contribution in [-0.4, -0.2) is 37.0 Å². The summed E-state index contributed by atoms with van der Waals surface area (Å²) in [6.45, 7) is 2.42. The van der Waals surface area contributed by atoms with E-state index in [1.807, 2.05) is 24.3 Å². The van der Waals surface area contributed by atoms with E-state index < -0.39 is 0 Å². The average molecular weight is 349 g/mol. The van der Waals surface area contributed by atoms with Crippen LogP contribution in [0.15, 0.2) is 29.6 Å². The number of aromatic nitrogens is 1. The number of ether oxygens (including phenoxy) is 2. The molecule has 7 nitrogen and oxygen atoms in total. The van der Waals surface area contributed by atoms with Gasteiger partial charge in [-0.25, -0.2) is 4.98 Å². The van der Waals surface area contributed by atoms with Gasteiger partial charge in [0.25, 0.3) is 5.91 Å². The van der Waals surface area contributed by atoms with Crippen LogP contribution in [0.2, 0.25) is 0 Å². The fraction of sp³-hybridized carbons (Fsp3) is 0.312. The molecule has 1 aromatic carbocycles. The summed E-state index contributed by atoms with van der Waals surface area (Å²) in [6, 6.07) is 7.33. The molecule has 0 atom stereocenters. The van der Waals surface area contributed by atoms with E-state index in [1.54, 1.807) is 12.5 Å². The molecule has 0 bridgehead atoms. The van der Waals surface area contributed by atoms with Crippen molar-refractivity contribution in [1.29, 1.82) is 0 Å². The first kappa shape index (κ1) is 17.7. The molecule has 0 fully saturated rings. The fourth-order valence-electron chi connectivity index (χ4n) is 1.86. The zero-order valence-corrected chi connectivity index (χ0v) is 14.3. The summed E-state index contributed by atoms with van der Waals surface area (Å²) >= 11 is 1.35. The Morgan fingerprint density at radius 3 is 2.58 bits per heavy atom. The Morgan fingerprint density at radius 1 is 1.17 bits per heavy atom. The first-order chi connectivity index (χ1) is 11.6. The molecule has 2 aromatic rings. The Kier molecular flexibility index (Phi) is 6.56. The molecule has 1 aromatic heterocycles. The molecular formula is C16H19N3O4S. The molecule has 0 saturated carbocycles. The van der Waals surface area contributed by atoms with Crippen LogP contribution in [0.5, 0.6) is 11.5 Å². The lowest BCUT2D eigenvalue weighted by Gasteiger charge is -2.08. The molecule has 2 N–H and O–H groups in total. The minimum absolute atomic E-state index is 0.131. The van der Waals surface area contributed by atoms with Gasteiger partial charge < -0.3 is 20.1 Å². The van der Waals surface area contributed by atoms with Crippen LogP contribution in [0.25, 0.3) is 0 Å². The highest BCUT2D eigenvalue weighted by molar-refractivity contribution is 7.09. The zero-order chi connectivity index (χ0) is 17.4. The van der Waals surface area contributed by atoms with Gasteiger partial charge in [0.15, 0.2) is 11.5 Å². The van der Waals surface area contributed by atoms with Gasteiger partial charge in [0.1, 0.15) is 17.3 Å². The van der Waals surface area contributed by atoms with Crippen LogP contribution in [0.4, 0.5) is 0 Å². The van der Waals surface area contributed by atoms with Crippen LogP contribution < -0.4 is 20.1 Å². The van der Waals surface area contributed by atoms with Crippen molar-refractivity contribution in [1.82, 2.24) is 15.6 Å². The second kappa shape index (κ2) is 8.88. The number of nitrogens with one attached hydrogen (secondary N) is 2. The molecule has 8 heteroatoms. The number of hydrogen-bond acceptors (Lipinski definition) is 6. The standard InChI is InChI=1S/C16H19N3O4S/c1-11(20)17-7-8-18-16(21)12-10-24-15(19-12)9-23-14-6-4-3-5-13(14)22-2/h3-6,10H,7-9H2,1-2H3,(H,17,20)(H,18,21). The molecule has 0 aliphatic heterocycles. The summed E-state index contributed by atoms with van der Waals surface area (Å²) in [5, 5.41) is 7.66. The molecular weight excluding hydrogens is 330 g/mol. The number of benzene rings is 1. The third kappa shape index (κ3) is 5.24.